The fourth-order valence-electron chi connectivity index (χ4n) is 2.22. The highest BCUT2D eigenvalue weighted by Gasteiger charge is 2.12. The van der Waals surface area contributed by atoms with Gasteiger partial charge in [0.15, 0.2) is 0 Å². The Morgan fingerprint density at radius 3 is 2.75 bits per heavy atom. The lowest BCUT2D eigenvalue weighted by Gasteiger charge is -2.05. The predicted octanol–water partition coefficient (Wildman–Crippen LogP) is 3.50. The number of nitriles is 1. The number of aromatic amines is 1. The van der Waals surface area contributed by atoms with Crippen molar-refractivity contribution in [2.45, 2.75) is 6.92 Å². The summed E-state index contributed by atoms with van der Waals surface area (Å²) in [5.41, 5.74) is 3.25. The molecule has 1 aromatic heterocycles. The van der Waals surface area contributed by atoms with Crippen LogP contribution in [0.15, 0.2) is 42.5 Å². The Hall–Kier alpha value is -2.80. The standard InChI is InChI=1S/C16H13N3O/c1-2-20-15-9-13-14(8-12(15)10-17)18-19-16(13)11-6-4-3-5-7-11/h3-9H,2H2,1H3,(H,18,19). The van der Waals surface area contributed by atoms with Gasteiger partial charge in [-0.1, -0.05) is 30.3 Å². The third kappa shape index (κ3) is 1.99. The van der Waals surface area contributed by atoms with E-state index in [0.29, 0.717) is 17.9 Å². The summed E-state index contributed by atoms with van der Waals surface area (Å²) >= 11 is 0. The van der Waals surface area contributed by atoms with Crippen LogP contribution in [0.5, 0.6) is 5.75 Å². The summed E-state index contributed by atoms with van der Waals surface area (Å²) in [6.07, 6.45) is 0. The van der Waals surface area contributed by atoms with Crippen LogP contribution in [-0.4, -0.2) is 16.8 Å². The molecule has 0 aliphatic carbocycles. The van der Waals surface area contributed by atoms with Crippen molar-refractivity contribution in [1.82, 2.24) is 10.2 Å². The van der Waals surface area contributed by atoms with Gasteiger partial charge in [-0.2, -0.15) is 10.4 Å². The molecule has 0 aliphatic rings. The number of rotatable bonds is 3. The second-order valence-corrected chi connectivity index (χ2v) is 4.38. The maximum Gasteiger partial charge on any atom is 0.137 e. The van der Waals surface area contributed by atoms with Gasteiger partial charge in [0.05, 0.1) is 17.7 Å². The van der Waals surface area contributed by atoms with Crippen LogP contribution in [0.25, 0.3) is 22.2 Å². The van der Waals surface area contributed by atoms with Crippen LogP contribution in [0.3, 0.4) is 0 Å². The molecule has 0 saturated heterocycles. The molecular weight excluding hydrogens is 250 g/mol. The van der Waals surface area contributed by atoms with E-state index in [0.717, 1.165) is 22.2 Å². The summed E-state index contributed by atoms with van der Waals surface area (Å²) < 4.78 is 5.53. The molecule has 3 rings (SSSR count). The molecular formula is C16H13N3O. The lowest BCUT2D eigenvalue weighted by Crippen LogP contribution is -1.94. The number of aromatic nitrogens is 2. The Bertz CT molecular complexity index is 785. The molecule has 0 fully saturated rings. The molecule has 0 unspecified atom stereocenters. The van der Waals surface area contributed by atoms with Crippen molar-refractivity contribution in [3.05, 3.63) is 48.0 Å². The van der Waals surface area contributed by atoms with Crippen LogP contribution in [0, 0.1) is 11.3 Å². The van der Waals surface area contributed by atoms with E-state index in [1.54, 1.807) is 6.07 Å². The summed E-state index contributed by atoms with van der Waals surface area (Å²) in [7, 11) is 0. The van der Waals surface area contributed by atoms with Crippen LogP contribution in [0.1, 0.15) is 12.5 Å². The molecule has 1 heterocycles. The van der Waals surface area contributed by atoms with E-state index in [1.807, 2.05) is 43.3 Å². The lowest BCUT2D eigenvalue weighted by molar-refractivity contribution is 0.340. The van der Waals surface area contributed by atoms with Gasteiger partial charge in [0.25, 0.3) is 0 Å². The fraction of sp³-hybridized carbons (Fsp3) is 0.125. The van der Waals surface area contributed by atoms with Gasteiger partial charge in [-0.05, 0) is 19.1 Å². The molecule has 3 aromatic rings. The number of ether oxygens (including phenoxy) is 1. The molecule has 0 bridgehead atoms. The Balaban J connectivity index is 2.22. The number of H-pyrrole nitrogens is 1. The molecule has 0 saturated carbocycles. The number of benzene rings is 2. The first-order chi connectivity index (χ1) is 9.83. The first-order valence-corrected chi connectivity index (χ1v) is 6.44. The molecule has 2 aromatic carbocycles. The maximum atomic E-state index is 9.16. The summed E-state index contributed by atoms with van der Waals surface area (Å²) in [6.45, 7) is 2.43. The van der Waals surface area contributed by atoms with E-state index in [1.165, 1.54) is 0 Å². The van der Waals surface area contributed by atoms with Gasteiger partial charge >= 0.3 is 0 Å². The van der Waals surface area contributed by atoms with Gasteiger partial charge in [-0.3, -0.25) is 5.10 Å². The van der Waals surface area contributed by atoms with Gasteiger partial charge in [0.2, 0.25) is 0 Å². The van der Waals surface area contributed by atoms with Gasteiger partial charge in [-0.15, -0.1) is 0 Å². The van der Waals surface area contributed by atoms with Crippen LogP contribution < -0.4 is 4.74 Å². The summed E-state index contributed by atoms with van der Waals surface area (Å²) in [4.78, 5) is 0. The van der Waals surface area contributed by atoms with E-state index in [9.17, 15) is 0 Å². The Morgan fingerprint density at radius 1 is 1.25 bits per heavy atom. The molecule has 0 spiro atoms. The largest absolute Gasteiger partial charge is 0.492 e. The average Bonchev–Trinajstić information content (AvgIpc) is 2.90. The Morgan fingerprint density at radius 2 is 2.05 bits per heavy atom. The first-order valence-electron chi connectivity index (χ1n) is 6.44. The normalized spacial score (nSPS) is 10.4. The zero-order valence-electron chi connectivity index (χ0n) is 11.1. The minimum atomic E-state index is 0.516. The molecule has 0 atom stereocenters. The highest BCUT2D eigenvalue weighted by Crippen LogP contribution is 2.31. The monoisotopic (exact) mass is 263 g/mol. The minimum absolute atomic E-state index is 0.516. The van der Waals surface area contributed by atoms with E-state index in [4.69, 9.17) is 10.00 Å². The number of nitrogens with zero attached hydrogens (tertiary/aromatic N) is 2. The van der Waals surface area contributed by atoms with Gasteiger partial charge in [0, 0.05) is 10.9 Å². The van der Waals surface area contributed by atoms with Crippen LogP contribution in [0.4, 0.5) is 0 Å². The van der Waals surface area contributed by atoms with Crippen molar-refractivity contribution in [3.8, 4) is 23.1 Å². The second-order valence-electron chi connectivity index (χ2n) is 4.38. The van der Waals surface area contributed by atoms with Crippen molar-refractivity contribution in [3.63, 3.8) is 0 Å². The van der Waals surface area contributed by atoms with Gasteiger partial charge in [-0.25, -0.2) is 0 Å². The summed E-state index contributed by atoms with van der Waals surface area (Å²) in [5, 5.41) is 17.4. The molecule has 98 valence electrons. The van der Waals surface area contributed by atoms with Crippen molar-refractivity contribution >= 4 is 10.9 Å². The first kappa shape index (κ1) is 12.2. The van der Waals surface area contributed by atoms with E-state index >= 15 is 0 Å². The molecule has 0 aliphatic heterocycles. The van der Waals surface area contributed by atoms with Crippen molar-refractivity contribution in [1.29, 1.82) is 5.26 Å². The SMILES string of the molecule is CCOc1cc2c(-c3ccccc3)n[nH]c2cc1C#N. The number of fused-ring (bicyclic) bond motifs is 1. The Kier molecular flexibility index (Phi) is 3.10. The quantitative estimate of drug-likeness (QED) is 0.786. The molecule has 4 nitrogen and oxygen atoms in total. The maximum absolute atomic E-state index is 9.16. The van der Waals surface area contributed by atoms with Crippen molar-refractivity contribution < 1.29 is 4.74 Å². The van der Waals surface area contributed by atoms with E-state index in [-0.39, 0.29) is 0 Å². The van der Waals surface area contributed by atoms with E-state index < -0.39 is 0 Å². The highest BCUT2D eigenvalue weighted by molar-refractivity contribution is 5.94. The highest BCUT2D eigenvalue weighted by atomic mass is 16.5. The van der Waals surface area contributed by atoms with Crippen molar-refractivity contribution in [2.24, 2.45) is 0 Å². The third-order valence-electron chi connectivity index (χ3n) is 3.13. The van der Waals surface area contributed by atoms with Crippen LogP contribution in [0.2, 0.25) is 0 Å². The van der Waals surface area contributed by atoms with E-state index in [2.05, 4.69) is 16.3 Å². The lowest BCUT2D eigenvalue weighted by atomic mass is 10.1. The minimum Gasteiger partial charge on any atom is -0.492 e. The van der Waals surface area contributed by atoms with Crippen molar-refractivity contribution in [2.75, 3.05) is 6.61 Å². The third-order valence-corrected chi connectivity index (χ3v) is 3.13. The number of hydrogen-bond donors (Lipinski definition) is 1. The smallest absolute Gasteiger partial charge is 0.137 e. The average molecular weight is 263 g/mol. The molecule has 20 heavy (non-hydrogen) atoms. The zero-order chi connectivity index (χ0) is 13.9. The topological polar surface area (TPSA) is 61.7 Å². The van der Waals surface area contributed by atoms with Crippen LogP contribution in [-0.2, 0) is 0 Å². The Labute approximate surface area is 116 Å². The predicted molar refractivity (Wildman–Crippen MR) is 77.4 cm³/mol. The molecule has 0 amide bonds. The second kappa shape index (κ2) is 5.06. The molecule has 4 heteroatoms. The number of hydrogen-bond acceptors (Lipinski definition) is 3. The van der Waals surface area contributed by atoms with Crippen LogP contribution >= 0.6 is 0 Å². The molecule has 1 N–H and O–H groups in total. The molecule has 0 radical (unpaired) electrons. The summed E-state index contributed by atoms with van der Waals surface area (Å²) in [5.74, 6) is 0.598. The zero-order valence-corrected chi connectivity index (χ0v) is 11.1. The van der Waals surface area contributed by atoms with Gasteiger partial charge in [0.1, 0.15) is 17.5 Å². The fourth-order valence-corrected chi connectivity index (χ4v) is 2.22. The number of nitrogens with one attached hydrogen (secondary N) is 1. The van der Waals surface area contributed by atoms with Gasteiger partial charge < -0.3 is 4.74 Å². The summed E-state index contributed by atoms with van der Waals surface area (Å²) in [6, 6.07) is 15.7.